The molecule has 2 nitrogen and oxygen atoms in total. The highest BCUT2D eigenvalue weighted by molar-refractivity contribution is 5.32. The molecule has 1 aromatic rings. The Bertz CT molecular complexity index is 362. The van der Waals surface area contributed by atoms with Gasteiger partial charge in [0.25, 0.3) is 0 Å². The minimum atomic E-state index is -0.650. The van der Waals surface area contributed by atoms with Gasteiger partial charge in [-0.3, -0.25) is 0 Å². The maximum absolute atomic E-state index is 9.81. The van der Waals surface area contributed by atoms with Crippen LogP contribution >= 0.6 is 0 Å². The fourth-order valence-corrected chi connectivity index (χ4v) is 1.16. The molecular formula is C12H14O2. The lowest BCUT2D eigenvalue weighted by Crippen LogP contribution is -1.98. The number of hydrogen-bond donors (Lipinski definition) is 1. The van der Waals surface area contributed by atoms with Crippen LogP contribution in [-0.4, -0.2) is 12.2 Å². The van der Waals surface area contributed by atoms with E-state index in [-0.39, 0.29) is 0 Å². The van der Waals surface area contributed by atoms with Crippen molar-refractivity contribution in [3.05, 3.63) is 47.7 Å². The average molecular weight is 190 g/mol. The maximum atomic E-state index is 9.81. The molecule has 0 heterocycles. The Kier molecular flexibility index (Phi) is 3.52. The molecule has 0 aliphatic heterocycles. The van der Waals surface area contributed by atoms with Crippen molar-refractivity contribution in [1.29, 1.82) is 0 Å². The van der Waals surface area contributed by atoms with Gasteiger partial charge in [-0.1, -0.05) is 18.7 Å². The van der Waals surface area contributed by atoms with E-state index in [1.807, 2.05) is 18.2 Å². The first kappa shape index (κ1) is 10.6. The molecule has 0 aliphatic rings. The molecule has 74 valence electrons. The summed E-state index contributed by atoms with van der Waals surface area (Å²) in [5.74, 6) is 0.735. The fourth-order valence-electron chi connectivity index (χ4n) is 1.16. The lowest BCUT2D eigenvalue weighted by molar-refractivity contribution is 0.215. The molecule has 0 amide bonds. The van der Waals surface area contributed by atoms with Gasteiger partial charge in [0.05, 0.1) is 7.11 Å². The predicted octanol–water partition coefficient (Wildman–Crippen LogP) is 2.46. The van der Waals surface area contributed by atoms with Gasteiger partial charge in [-0.25, -0.2) is 0 Å². The third-order valence-electron chi connectivity index (χ3n) is 2.10. The molecule has 0 saturated heterocycles. The summed E-state index contributed by atoms with van der Waals surface area (Å²) in [5.41, 5.74) is 4.17. The largest absolute Gasteiger partial charge is 0.497 e. The van der Waals surface area contributed by atoms with Crippen molar-refractivity contribution in [1.82, 2.24) is 0 Å². The number of aliphatic hydroxyl groups excluding tert-OH is 1. The molecular weight excluding hydrogens is 176 g/mol. The molecule has 0 bridgehead atoms. The Morgan fingerprint density at radius 2 is 2.29 bits per heavy atom. The second-order valence-corrected chi connectivity index (χ2v) is 3.04. The van der Waals surface area contributed by atoms with Crippen molar-refractivity contribution in [2.75, 3.05) is 7.11 Å². The van der Waals surface area contributed by atoms with E-state index in [1.54, 1.807) is 20.1 Å². The van der Waals surface area contributed by atoms with Gasteiger partial charge in [-0.15, -0.1) is 5.73 Å². The second-order valence-electron chi connectivity index (χ2n) is 3.04. The number of rotatable bonds is 3. The van der Waals surface area contributed by atoms with E-state index in [9.17, 15) is 5.11 Å². The van der Waals surface area contributed by atoms with Crippen molar-refractivity contribution in [2.45, 2.75) is 13.0 Å². The van der Waals surface area contributed by atoms with Gasteiger partial charge in [0.15, 0.2) is 0 Å². The van der Waals surface area contributed by atoms with Gasteiger partial charge in [0.2, 0.25) is 0 Å². The van der Waals surface area contributed by atoms with Gasteiger partial charge >= 0.3 is 0 Å². The third kappa shape index (κ3) is 2.25. The summed E-state index contributed by atoms with van der Waals surface area (Å²) in [7, 11) is 1.60. The topological polar surface area (TPSA) is 29.5 Å². The first-order chi connectivity index (χ1) is 6.69. The third-order valence-corrected chi connectivity index (χ3v) is 2.10. The molecule has 0 radical (unpaired) electrons. The van der Waals surface area contributed by atoms with E-state index in [0.29, 0.717) is 5.57 Å². The Balaban J connectivity index is 3.01. The molecule has 0 fully saturated rings. The molecule has 0 spiro atoms. The zero-order valence-corrected chi connectivity index (χ0v) is 8.45. The quantitative estimate of drug-likeness (QED) is 0.742. The number of benzene rings is 1. The molecule has 14 heavy (non-hydrogen) atoms. The van der Waals surface area contributed by atoms with Gasteiger partial charge in [0, 0.05) is 5.57 Å². The normalized spacial score (nSPS) is 11.6. The lowest BCUT2D eigenvalue weighted by atomic mass is 10.0. The van der Waals surface area contributed by atoms with E-state index in [1.165, 1.54) is 0 Å². The summed E-state index contributed by atoms with van der Waals surface area (Å²) in [4.78, 5) is 0. The Morgan fingerprint density at radius 1 is 1.57 bits per heavy atom. The van der Waals surface area contributed by atoms with Gasteiger partial charge < -0.3 is 9.84 Å². The van der Waals surface area contributed by atoms with Crippen LogP contribution in [0, 0.1) is 0 Å². The van der Waals surface area contributed by atoms with E-state index < -0.39 is 6.10 Å². The van der Waals surface area contributed by atoms with Crippen LogP contribution in [0.25, 0.3) is 0 Å². The zero-order chi connectivity index (χ0) is 10.6. The minimum Gasteiger partial charge on any atom is -0.497 e. The molecule has 1 rings (SSSR count). The highest BCUT2D eigenvalue weighted by atomic mass is 16.5. The molecule has 0 aromatic heterocycles. The highest BCUT2D eigenvalue weighted by Gasteiger charge is 2.09. The Hall–Kier alpha value is -1.50. The standard InChI is InChI=1S/C12H14O2/c1-4-9(2)12(13)10-6-5-7-11(8-10)14-3/h5-8,12-13H,1H2,2-3H3. The van der Waals surface area contributed by atoms with Crippen LogP contribution in [0.3, 0.4) is 0 Å². The Labute approximate surface area is 84.1 Å². The van der Waals surface area contributed by atoms with Crippen LogP contribution in [0.1, 0.15) is 18.6 Å². The maximum Gasteiger partial charge on any atom is 0.119 e. The van der Waals surface area contributed by atoms with Crippen LogP contribution in [0.15, 0.2) is 42.1 Å². The highest BCUT2D eigenvalue weighted by Crippen LogP contribution is 2.23. The molecule has 1 unspecified atom stereocenters. The van der Waals surface area contributed by atoms with Crippen LogP contribution in [0.2, 0.25) is 0 Å². The van der Waals surface area contributed by atoms with Crippen molar-refractivity contribution in [3.63, 3.8) is 0 Å². The first-order valence-electron chi connectivity index (χ1n) is 4.37. The molecule has 0 aliphatic carbocycles. The number of aliphatic hydroxyl groups is 1. The van der Waals surface area contributed by atoms with Gasteiger partial charge in [-0.05, 0) is 24.6 Å². The monoisotopic (exact) mass is 190 g/mol. The molecule has 0 saturated carbocycles. The zero-order valence-electron chi connectivity index (χ0n) is 8.45. The number of ether oxygens (including phenoxy) is 1. The van der Waals surface area contributed by atoms with Gasteiger partial charge in [0.1, 0.15) is 11.9 Å². The number of methoxy groups -OCH3 is 1. The summed E-state index contributed by atoms with van der Waals surface area (Å²) in [6, 6.07) is 7.32. The molecule has 1 aromatic carbocycles. The van der Waals surface area contributed by atoms with Crippen molar-refractivity contribution in [2.24, 2.45) is 0 Å². The minimum absolute atomic E-state index is 0.650. The van der Waals surface area contributed by atoms with Crippen LogP contribution in [-0.2, 0) is 0 Å². The first-order valence-corrected chi connectivity index (χ1v) is 4.37. The average Bonchev–Trinajstić information content (AvgIpc) is 2.27. The van der Waals surface area contributed by atoms with Crippen LogP contribution < -0.4 is 4.74 Å². The summed E-state index contributed by atoms with van der Waals surface area (Å²) >= 11 is 0. The summed E-state index contributed by atoms with van der Waals surface area (Å²) < 4.78 is 5.06. The van der Waals surface area contributed by atoms with E-state index >= 15 is 0 Å². The van der Waals surface area contributed by atoms with Crippen molar-refractivity contribution < 1.29 is 9.84 Å². The van der Waals surface area contributed by atoms with Gasteiger partial charge in [-0.2, -0.15) is 0 Å². The molecule has 1 atom stereocenters. The fraction of sp³-hybridized carbons (Fsp3) is 0.250. The van der Waals surface area contributed by atoms with Crippen molar-refractivity contribution in [3.8, 4) is 5.75 Å². The van der Waals surface area contributed by atoms with Crippen LogP contribution in [0.4, 0.5) is 0 Å². The van der Waals surface area contributed by atoms with E-state index in [4.69, 9.17) is 4.74 Å². The van der Waals surface area contributed by atoms with Crippen molar-refractivity contribution >= 4 is 0 Å². The smallest absolute Gasteiger partial charge is 0.119 e. The van der Waals surface area contributed by atoms with Crippen LogP contribution in [0.5, 0.6) is 5.75 Å². The lowest BCUT2D eigenvalue weighted by Gasteiger charge is -2.10. The summed E-state index contributed by atoms with van der Waals surface area (Å²) in [5, 5.41) is 9.81. The number of hydrogen-bond acceptors (Lipinski definition) is 2. The second kappa shape index (κ2) is 4.66. The predicted molar refractivity (Wildman–Crippen MR) is 56.3 cm³/mol. The Morgan fingerprint density at radius 3 is 2.86 bits per heavy atom. The molecule has 1 N–H and O–H groups in total. The van der Waals surface area contributed by atoms with E-state index in [2.05, 4.69) is 12.3 Å². The van der Waals surface area contributed by atoms with E-state index in [0.717, 1.165) is 11.3 Å². The SMILES string of the molecule is C=C=C(C)C(O)c1cccc(OC)c1. The summed E-state index contributed by atoms with van der Waals surface area (Å²) in [6.45, 7) is 5.29. The molecule has 2 heteroatoms. The summed E-state index contributed by atoms with van der Waals surface area (Å²) in [6.07, 6.45) is -0.650.